The number of rotatable bonds is 6. The molecule has 2 aliphatic heterocycles. The van der Waals surface area contributed by atoms with Gasteiger partial charge in [0.2, 0.25) is 11.8 Å². The Bertz CT molecular complexity index is 902. The summed E-state index contributed by atoms with van der Waals surface area (Å²) in [7, 11) is 0. The second kappa shape index (κ2) is 10.6. The molecule has 3 heterocycles. The third-order valence-electron chi connectivity index (χ3n) is 6.79. The lowest BCUT2D eigenvalue weighted by Gasteiger charge is -2.37. The Morgan fingerprint density at radius 3 is 2.53 bits per heavy atom. The molecule has 0 radical (unpaired) electrons. The number of benzene rings is 1. The van der Waals surface area contributed by atoms with Gasteiger partial charge in [0.25, 0.3) is 0 Å². The van der Waals surface area contributed by atoms with Gasteiger partial charge in [-0.25, -0.2) is 4.98 Å². The molecule has 1 aromatic carbocycles. The average molecular weight is 455 g/mol. The molecular weight excluding hydrogens is 420 g/mol. The second-order valence-electron chi connectivity index (χ2n) is 9.24. The number of likely N-dealkylation sites (tertiary alicyclic amines) is 2. The van der Waals surface area contributed by atoms with E-state index >= 15 is 0 Å². The van der Waals surface area contributed by atoms with Crippen molar-refractivity contribution in [3.63, 3.8) is 0 Å². The largest absolute Gasteiger partial charge is 0.342 e. The summed E-state index contributed by atoms with van der Waals surface area (Å²) < 4.78 is 0. The quantitative estimate of drug-likeness (QED) is 0.719. The van der Waals surface area contributed by atoms with Crippen molar-refractivity contribution in [1.82, 2.24) is 14.8 Å². The summed E-state index contributed by atoms with van der Waals surface area (Å²) in [4.78, 5) is 35.4. The Hall–Kier alpha value is -2.25. The molecule has 7 heteroatoms. The van der Waals surface area contributed by atoms with E-state index in [2.05, 4.69) is 50.4 Å². The highest BCUT2D eigenvalue weighted by atomic mass is 32.1. The monoisotopic (exact) mass is 454 g/mol. The molecule has 2 amide bonds. The van der Waals surface area contributed by atoms with E-state index in [4.69, 9.17) is 0 Å². The van der Waals surface area contributed by atoms with Crippen LogP contribution in [0.2, 0.25) is 0 Å². The van der Waals surface area contributed by atoms with Crippen molar-refractivity contribution < 1.29 is 9.59 Å². The van der Waals surface area contributed by atoms with E-state index in [1.54, 1.807) is 0 Å². The maximum Gasteiger partial charge on any atom is 0.240 e. The first-order chi connectivity index (χ1) is 15.5. The van der Waals surface area contributed by atoms with Crippen LogP contribution in [0.5, 0.6) is 0 Å². The Labute approximate surface area is 195 Å². The van der Waals surface area contributed by atoms with Crippen LogP contribution in [-0.2, 0) is 16.0 Å². The zero-order valence-corrected chi connectivity index (χ0v) is 20.0. The van der Waals surface area contributed by atoms with Crippen molar-refractivity contribution in [3.05, 3.63) is 46.5 Å². The molecule has 4 rings (SSSR count). The highest BCUT2D eigenvalue weighted by Gasteiger charge is 2.32. The molecule has 0 spiro atoms. The van der Waals surface area contributed by atoms with Crippen LogP contribution in [0, 0.1) is 25.7 Å². The Morgan fingerprint density at radius 2 is 1.84 bits per heavy atom. The number of carbonyl (C=O) groups excluding carboxylic acids is 2. The van der Waals surface area contributed by atoms with Gasteiger partial charge < -0.3 is 10.2 Å². The molecule has 2 saturated heterocycles. The Balaban J connectivity index is 1.23. The predicted molar refractivity (Wildman–Crippen MR) is 129 cm³/mol. The second-order valence-corrected chi connectivity index (χ2v) is 10.4. The molecule has 172 valence electrons. The molecule has 0 bridgehead atoms. The maximum absolute atomic E-state index is 13.2. The number of amides is 2. The van der Waals surface area contributed by atoms with Crippen molar-refractivity contribution in [3.8, 4) is 0 Å². The minimum Gasteiger partial charge on any atom is -0.342 e. The molecular formula is C25H34N4O2S. The zero-order valence-electron chi connectivity index (χ0n) is 19.2. The van der Waals surface area contributed by atoms with Crippen molar-refractivity contribution in [2.75, 3.05) is 38.0 Å². The first kappa shape index (κ1) is 22.9. The molecule has 0 aliphatic carbocycles. The summed E-state index contributed by atoms with van der Waals surface area (Å²) in [5, 5.41) is 3.57. The highest BCUT2D eigenvalue weighted by molar-refractivity contribution is 7.15. The number of aryl methyl sites for hydroxylation is 2. The SMILES string of the molecule is Cc1nc(NC(=O)CN2CCCC(C(=O)N3CCC(Cc4ccccc4)CC3)C2)sc1C. The van der Waals surface area contributed by atoms with E-state index in [0.29, 0.717) is 24.1 Å². The van der Waals surface area contributed by atoms with Crippen LogP contribution in [0.1, 0.15) is 41.8 Å². The van der Waals surface area contributed by atoms with E-state index in [1.165, 1.54) is 16.9 Å². The number of nitrogens with zero attached hydrogens (tertiary/aromatic N) is 3. The smallest absolute Gasteiger partial charge is 0.240 e. The van der Waals surface area contributed by atoms with Crippen LogP contribution in [0.15, 0.2) is 30.3 Å². The number of hydrogen-bond donors (Lipinski definition) is 1. The third kappa shape index (κ3) is 5.95. The van der Waals surface area contributed by atoms with Gasteiger partial charge in [0.15, 0.2) is 5.13 Å². The minimum absolute atomic E-state index is 0.00609. The van der Waals surface area contributed by atoms with Crippen LogP contribution < -0.4 is 5.32 Å². The van der Waals surface area contributed by atoms with Crippen LogP contribution in [0.25, 0.3) is 0 Å². The molecule has 6 nitrogen and oxygen atoms in total. The topological polar surface area (TPSA) is 65.5 Å². The fourth-order valence-corrected chi connectivity index (χ4v) is 5.68. The summed E-state index contributed by atoms with van der Waals surface area (Å²) in [5.41, 5.74) is 2.35. The lowest BCUT2D eigenvalue weighted by molar-refractivity contribution is -0.139. The van der Waals surface area contributed by atoms with Gasteiger partial charge in [-0.2, -0.15) is 0 Å². The standard InChI is InChI=1S/C25H34N4O2S/c1-18-19(2)32-25(26-18)27-23(30)17-28-12-6-9-22(16-28)24(31)29-13-10-21(11-14-29)15-20-7-4-3-5-8-20/h3-5,7-8,21-22H,6,9-17H2,1-2H3,(H,26,27,30). The van der Waals surface area contributed by atoms with Gasteiger partial charge >= 0.3 is 0 Å². The molecule has 32 heavy (non-hydrogen) atoms. The van der Waals surface area contributed by atoms with Gasteiger partial charge in [-0.1, -0.05) is 30.3 Å². The number of thiazole rings is 1. The van der Waals surface area contributed by atoms with Crippen molar-refractivity contribution in [1.29, 1.82) is 0 Å². The maximum atomic E-state index is 13.2. The lowest BCUT2D eigenvalue weighted by atomic mass is 9.89. The Kier molecular flexibility index (Phi) is 7.58. The number of aromatic nitrogens is 1. The summed E-state index contributed by atoms with van der Waals surface area (Å²) in [5.74, 6) is 0.894. The first-order valence-corrected chi connectivity index (χ1v) is 12.6. The summed E-state index contributed by atoms with van der Waals surface area (Å²) in [6, 6.07) is 10.6. The summed E-state index contributed by atoms with van der Waals surface area (Å²) >= 11 is 1.51. The van der Waals surface area contributed by atoms with Crippen LogP contribution >= 0.6 is 11.3 Å². The van der Waals surface area contributed by atoms with E-state index in [-0.39, 0.29) is 17.7 Å². The van der Waals surface area contributed by atoms with E-state index in [1.807, 2.05) is 13.8 Å². The average Bonchev–Trinajstić information content (AvgIpc) is 3.11. The fraction of sp³-hybridized carbons (Fsp3) is 0.560. The highest BCUT2D eigenvalue weighted by Crippen LogP contribution is 2.26. The molecule has 2 aromatic rings. The van der Waals surface area contributed by atoms with Crippen LogP contribution in [0.4, 0.5) is 5.13 Å². The Morgan fingerprint density at radius 1 is 1.09 bits per heavy atom. The number of piperidine rings is 2. The van der Waals surface area contributed by atoms with E-state index in [9.17, 15) is 9.59 Å². The van der Waals surface area contributed by atoms with Crippen molar-refractivity contribution in [2.24, 2.45) is 11.8 Å². The number of nitrogens with one attached hydrogen (secondary N) is 1. The predicted octanol–water partition coefficient (Wildman–Crippen LogP) is 3.89. The molecule has 2 aliphatic rings. The summed E-state index contributed by atoms with van der Waals surface area (Å²) in [6.45, 7) is 7.53. The number of anilines is 1. The van der Waals surface area contributed by atoms with Crippen LogP contribution in [-0.4, -0.2) is 59.3 Å². The van der Waals surface area contributed by atoms with Gasteiger partial charge in [-0.3, -0.25) is 14.5 Å². The van der Waals surface area contributed by atoms with Crippen LogP contribution in [0.3, 0.4) is 0 Å². The van der Waals surface area contributed by atoms with Gasteiger partial charge in [0.05, 0.1) is 18.2 Å². The number of hydrogen-bond acceptors (Lipinski definition) is 5. The fourth-order valence-electron chi connectivity index (χ4n) is 4.85. The molecule has 1 N–H and O–H groups in total. The van der Waals surface area contributed by atoms with E-state index in [0.717, 1.165) is 62.3 Å². The normalized spacial score (nSPS) is 20.3. The van der Waals surface area contributed by atoms with Gasteiger partial charge in [0.1, 0.15) is 0 Å². The third-order valence-corrected chi connectivity index (χ3v) is 7.78. The molecule has 0 saturated carbocycles. The van der Waals surface area contributed by atoms with E-state index < -0.39 is 0 Å². The molecule has 1 atom stereocenters. The lowest BCUT2D eigenvalue weighted by Crippen LogP contribution is -2.48. The van der Waals surface area contributed by atoms with Gasteiger partial charge in [-0.15, -0.1) is 11.3 Å². The van der Waals surface area contributed by atoms with Gasteiger partial charge in [-0.05, 0) is 64.0 Å². The molecule has 2 fully saturated rings. The summed E-state index contributed by atoms with van der Waals surface area (Å²) in [6.07, 6.45) is 5.14. The van der Waals surface area contributed by atoms with Crippen molar-refractivity contribution >= 4 is 28.3 Å². The zero-order chi connectivity index (χ0) is 22.5. The first-order valence-electron chi connectivity index (χ1n) is 11.8. The van der Waals surface area contributed by atoms with Gasteiger partial charge in [0, 0.05) is 24.5 Å². The minimum atomic E-state index is -0.0476. The van der Waals surface area contributed by atoms with Crippen molar-refractivity contribution in [2.45, 2.75) is 46.0 Å². The molecule has 1 aromatic heterocycles. The molecule has 1 unspecified atom stereocenters. The number of carbonyl (C=O) groups is 2.